The minimum absolute atomic E-state index is 0.125. The van der Waals surface area contributed by atoms with Gasteiger partial charge < -0.3 is 14.1 Å². The summed E-state index contributed by atoms with van der Waals surface area (Å²) in [7, 11) is 1.60. The topological polar surface area (TPSA) is 80.4 Å². The minimum atomic E-state index is 0.125. The van der Waals surface area contributed by atoms with Gasteiger partial charge in [0.1, 0.15) is 0 Å². The summed E-state index contributed by atoms with van der Waals surface area (Å²) < 4.78 is 10.7. The third-order valence-corrected chi connectivity index (χ3v) is 3.89. The number of aromatic nitrogens is 4. The largest absolute Gasteiger partial charge is 0.480 e. The fraction of sp³-hybridized carbons (Fsp3) is 0.571. The Morgan fingerprint density at radius 1 is 1.18 bits per heavy atom. The van der Waals surface area contributed by atoms with E-state index in [0.717, 1.165) is 32.0 Å². The number of methoxy groups -OCH3 is 1. The molecular formula is C14H20N6O2. The summed E-state index contributed by atoms with van der Waals surface area (Å²) in [5.74, 6) is 2.66. The highest BCUT2D eigenvalue weighted by Gasteiger charge is 2.26. The molecule has 0 spiro atoms. The Hall–Kier alpha value is -2.22. The maximum atomic E-state index is 5.52. The van der Waals surface area contributed by atoms with E-state index in [4.69, 9.17) is 9.15 Å². The Labute approximate surface area is 129 Å². The first-order valence-corrected chi connectivity index (χ1v) is 7.32. The molecule has 2 aromatic heterocycles. The van der Waals surface area contributed by atoms with Crippen LogP contribution in [0.2, 0.25) is 0 Å². The fourth-order valence-corrected chi connectivity index (χ4v) is 2.56. The third kappa shape index (κ3) is 3.01. The zero-order valence-electron chi connectivity index (χ0n) is 13.1. The van der Waals surface area contributed by atoms with Crippen LogP contribution in [0.4, 0.5) is 5.82 Å². The van der Waals surface area contributed by atoms with Crippen molar-refractivity contribution in [3.8, 4) is 5.88 Å². The van der Waals surface area contributed by atoms with Gasteiger partial charge in [0.15, 0.2) is 5.82 Å². The molecule has 0 N–H and O–H groups in total. The number of piperazine rings is 1. The number of nitrogens with zero attached hydrogens (tertiary/aromatic N) is 6. The molecule has 0 unspecified atom stereocenters. The summed E-state index contributed by atoms with van der Waals surface area (Å²) in [6.07, 6.45) is 3.38. The zero-order chi connectivity index (χ0) is 15.5. The van der Waals surface area contributed by atoms with Gasteiger partial charge in [-0.2, -0.15) is 4.98 Å². The Bertz CT molecular complexity index is 623. The number of aryl methyl sites for hydroxylation is 1. The highest BCUT2D eigenvalue weighted by molar-refractivity contribution is 5.38. The summed E-state index contributed by atoms with van der Waals surface area (Å²) >= 11 is 0. The van der Waals surface area contributed by atoms with Gasteiger partial charge >= 0.3 is 0 Å². The molecule has 1 aliphatic heterocycles. The maximum absolute atomic E-state index is 5.52. The highest BCUT2D eigenvalue weighted by atomic mass is 16.5. The Morgan fingerprint density at radius 2 is 1.95 bits per heavy atom. The van der Waals surface area contributed by atoms with Crippen LogP contribution >= 0.6 is 0 Å². The molecule has 1 fully saturated rings. The van der Waals surface area contributed by atoms with E-state index in [9.17, 15) is 0 Å². The molecule has 8 heteroatoms. The predicted octanol–water partition coefficient (Wildman–Crippen LogP) is 1.06. The molecule has 0 aromatic carbocycles. The quantitative estimate of drug-likeness (QED) is 0.829. The van der Waals surface area contributed by atoms with Crippen LogP contribution in [0.25, 0.3) is 0 Å². The second kappa shape index (κ2) is 6.27. The molecule has 0 amide bonds. The van der Waals surface area contributed by atoms with Crippen molar-refractivity contribution in [2.75, 3.05) is 38.2 Å². The van der Waals surface area contributed by atoms with Gasteiger partial charge in [-0.1, -0.05) is 0 Å². The van der Waals surface area contributed by atoms with Crippen molar-refractivity contribution in [3.05, 3.63) is 24.2 Å². The molecule has 1 aliphatic rings. The summed E-state index contributed by atoms with van der Waals surface area (Å²) in [5, 5.41) is 8.01. The van der Waals surface area contributed by atoms with E-state index < -0.39 is 0 Å². The summed E-state index contributed by atoms with van der Waals surface area (Å²) in [6.45, 7) is 7.46. The van der Waals surface area contributed by atoms with Crippen molar-refractivity contribution in [3.63, 3.8) is 0 Å². The number of ether oxygens (including phenoxy) is 1. The zero-order valence-corrected chi connectivity index (χ0v) is 13.1. The average Bonchev–Trinajstić information content (AvgIpc) is 3.01. The molecule has 0 aliphatic carbocycles. The Morgan fingerprint density at radius 3 is 2.59 bits per heavy atom. The van der Waals surface area contributed by atoms with Crippen LogP contribution in [0, 0.1) is 6.92 Å². The molecule has 1 atom stereocenters. The normalized spacial score (nSPS) is 17.5. The standard InChI is InChI=1S/C14H20N6O2/c1-10(14-18-17-11(2)22-14)19-4-6-20(7-5-19)12-8-15-9-13(16-12)21-3/h8-10H,4-7H2,1-3H3/t10-/m1/s1. The van der Waals surface area contributed by atoms with E-state index in [1.807, 2.05) is 6.92 Å². The third-order valence-electron chi connectivity index (χ3n) is 3.89. The molecule has 8 nitrogen and oxygen atoms in total. The SMILES string of the molecule is COc1cncc(N2CCN([C@H](C)c3nnc(C)o3)CC2)n1. The smallest absolute Gasteiger partial charge is 0.233 e. The van der Waals surface area contributed by atoms with Gasteiger partial charge in [0.25, 0.3) is 0 Å². The first kappa shape index (κ1) is 14.7. The highest BCUT2D eigenvalue weighted by Crippen LogP contribution is 2.22. The van der Waals surface area contributed by atoms with Gasteiger partial charge in [-0.15, -0.1) is 10.2 Å². The van der Waals surface area contributed by atoms with Crippen molar-refractivity contribution in [2.45, 2.75) is 19.9 Å². The summed E-state index contributed by atoms with van der Waals surface area (Å²) in [4.78, 5) is 13.1. The van der Waals surface area contributed by atoms with Crippen LogP contribution in [-0.4, -0.2) is 58.4 Å². The molecule has 3 heterocycles. The van der Waals surface area contributed by atoms with Crippen LogP contribution in [0.15, 0.2) is 16.8 Å². The lowest BCUT2D eigenvalue weighted by Crippen LogP contribution is -2.47. The molecule has 2 aromatic rings. The van der Waals surface area contributed by atoms with E-state index in [0.29, 0.717) is 17.7 Å². The number of hydrogen-bond donors (Lipinski definition) is 0. The predicted molar refractivity (Wildman–Crippen MR) is 79.8 cm³/mol. The van der Waals surface area contributed by atoms with E-state index >= 15 is 0 Å². The monoisotopic (exact) mass is 304 g/mol. The minimum Gasteiger partial charge on any atom is -0.480 e. The Kier molecular flexibility index (Phi) is 4.19. The van der Waals surface area contributed by atoms with E-state index in [1.54, 1.807) is 19.5 Å². The van der Waals surface area contributed by atoms with Gasteiger partial charge in [0.05, 0.1) is 25.5 Å². The van der Waals surface area contributed by atoms with Crippen LogP contribution < -0.4 is 9.64 Å². The van der Waals surface area contributed by atoms with Crippen LogP contribution in [0.1, 0.15) is 24.7 Å². The van der Waals surface area contributed by atoms with E-state index in [-0.39, 0.29) is 6.04 Å². The van der Waals surface area contributed by atoms with Crippen molar-refractivity contribution >= 4 is 5.82 Å². The number of anilines is 1. The lowest BCUT2D eigenvalue weighted by Gasteiger charge is -2.37. The van der Waals surface area contributed by atoms with Gasteiger partial charge in [-0.05, 0) is 6.92 Å². The summed E-state index contributed by atoms with van der Waals surface area (Å²) in [6, 6.07) is 0.125. The first-order chi connectivity index (χ1) is 10.7. The second-order valence-electron chi connectivity index (χ2n) is 5.28. The number of hydrogen-bond acceptors (Lipinski definition) is 8. The average molecular weight is 304 g/mol. The number of rotatable bonds is 4. The summed E-state index contributed by atoms with van der Waals surface area (Å²) in [5.41, 5.74) is 0. The second-order valence-corrected chi connectivity index (χ2v) is 5.28. The lowest BCUT2D eigenvalue weighted by atomic mass is 10.2. The van der Waals surface area contributed by atoms with Crippen molar-refractivity contribution in [2.24, 2.45) is 0 Å². The lowest BCUT2D eigenvalue weighted by molar-refractivity contribution is 0.171. The van der Waals surface area contributed by atoms with Gasteiger partial charge in [0, 0.05) is 33.1 Å². The van der Waals surface area contributed by atoms with E-state index in [1.165, 1.54) is 0 Å². The molecule has 3 rings (SSSR count). The van der Waals surface area contributed by atoms with Crippen molar-refractivity contribution in [1.29, 1.82) is 0 Å². The van der Waals surface area contributed by atoms with E-state index in [2.05, 4.69) is 36.9 Å². The van der Waals surface area contributed by atoms with Crippen LogP contribution in [0.5, 0.6) is 5.88 Å². The molecule has 1 saturated heterocycles. The molecule has 118 valence electrons. The van der Waals surface area contributed by atoms with Gasteiger partial charge in [0.2, 0.25) is 17.7 Å². The fourth-order valence-electron chi connectivity index (χ4n) is 2.56. The van der Waals surface area contributed by atoms with Crippen LogP contribution in [-0.2, 0) is 0 Å². The van der Waals surface area contributed by atoms with Crippen LogP contribution in [0.3, 0.4) is 0 Å². The molecular weight excluding hydrogens is 284 g/mol. The molecule has 0 bridgehead atoms. The maximum Gasteiger partial charge on any atom is 0.233 e. The first-order valence-electron chi connectivity index (χ1n) is 7.32. The van der Waals surface area contributed by atoms with Crippen molar-refractivity contribution in [1.82, 2.24) is 25.1 Å². The molecule has 22 heavy (non-hydrogen) atoms. The van der Waals surface area contributed by atoms with Gasteiger partial charge in [-0.3, -0.25) is 9.88 Å². The van der Waals surface area contributed by atoms with Gasteiger partial charge in [-0.25, -0.2) is 0 Å². The molecule has 0 radical (unpaired) electrons. The Balaban J connectivity index is 1.62. The van der Waals surface area contributed by atoms with Crippen molar-refractivity contribution < 1.29 is 9.15 Å². The molecule has 0 saturated carbocycles.